The number of carbonyl (C=O) groups is 1. The van der Waals surface area contributed by atoms with Crippen molar-refractivity contribution >= 4 is 16.9 Å². The molecular weight excluding hydrogens is 221 g/mol. The number of carbonyl (C=O) groups excluding carboxylic acids is 1. The van der Waals surface area contributed by atoms with Crippen molar-refractivity contribution in [1.29, 1.82) is 0 Å². The highest BCUT2D eigenvalue weighted by Gasteiger charge is 2.06. The molecule has 0 radical (unpaired) electrons. The summed E-state index contributed by atoms with van der Waals surface area (Å²) in [5.41, 5.74) is 1.85. The molecule has 17 heavy (non-hydrogen) atoms. The summed E-state index contributed by atoms with van der Waals surface area (Å²) in [6.45, 7) is 3.29. The van der Waals surface area contributed by atoms with Crippen LogP contribution < -0.4 is 5.32 Å². The van der Waals surface area contributed by atoms with Crippen LogP contribution in [0.25, 0.3) is 11.0 Å². The molecule has 2 rings (SSSR count). The van der Waals surface area contributed by atoms with Gasteiger partial charge in [-0.2, -0.15) is 0 Å². The van der Waals surface area contributed by atoms with Crippen molar-refractivity contribution in [1.82, 2.24) is 15.3 Å². The molecule has 0 aliphatic rings. The van der Waals surface area contributed by atoms with Gasteiger partial charge in [0.05, 0.1) is 0 Å². The molecule has 5 heteroatoms. The lowest BCUT2D eigenvalue weighted by molar-refractivity contribution is -0.118. The fraction of sp³-hybridized carbons (Fsp3) is 0.167. The molecule has 0 bridgehead atoms. The molecule has 2 N–H and O–H groups in total. The molecule has 2 aromatic rings. The summed E-state index contributed by atoms with van der Waals surface area (Å²) in [6.07, 6.45) is 4.16. The number of hydrogen-bond donors (Lipinski definition) is 2. The van der Waals surface area contributed by atoms with Gasteiger partial charge in [-0.05, 0) is 24.1 Å². The number of nitrogens with one attached hydrogen (secondary N) is 2. The Labute approximate surface area is 97.6 Å². The third kappa shape index (κ3) is 2.50. The summed E-state index contributed by atoms with van der Waals surface area (Å²) >= 11 is 0. The van der Waals surface area contributed by atoms with E-state index in [1.165, 1.54) is 0 Å². The second-order valence-electron chi connectivity index (χ2n) is 3.62. The Morgan fingerprint density at radius 3 is 3.18 bits per heavy atom. The zero-order valence-electron chi connectivity index (χ0n) is 9.16. The Morgan fingerprint density at radius 2 is 2.41 bits per heavy atom. The van der Waals surface area contributed by atoms with Gasteiger partial charge < -0.3 is 10.3 Å². The van der Waals surface area contributed by atoms with Crippen LogP contribution in [0, 0.1) is 0 Å². The average Bonchev–Trinajstić information content (AvgIpc) is 2.72. The summed E-state index contributed by atoms with van der Waals surface area (Å²) in [4.78, 5) is 18.1. The van der Waals surface area contributed by atoms with Gasteiger partial charge in [0.2, 0.25) is 0 Å². The first-order chi connectivity index (χ1) is 8.18. The number of fused-ring (bicyclic) bond motifs is 1. The number of rotatable bonds is 4. The standard InChI is InChI=1S/C12H12FN3O/c1-8(13)12(17)15-6-4-9-7-16-11-10(9)3-2-5-14-11/h2-3,5,7H,1,4,6H2,(H,14,16)(H,15,17). The predicted octanol–water partition coefficient (Wildman–Crippen LogP) is 1.70. The molecule has 88 valence electrons. The van der Waals surface area contributed by atoms with Crippen LogP contribution in [0.4, 0.5) is 4.39 Å². The fourth-order valence-corrected chi connectivity index (χ4v) is 1.63. The summed E-state index contributed by atoms with van der Waals surface area (Å²) in [7, 11) is 0. The van der Waals surface area contributed by atoms with Gasteiger partial charge in [0.1, 0.15) is 5.65 Å². The molecule has 0 fully saturated rings. The normalized spacial score (nSPS) is 10.4. The molecule has 0 saturated carbocycles. The van der Waals surface area contributed by atoms with Crippen LogP contribution in [0.15, 0.2) is 36.9 Å². The number of hydrogen-bond acceptors (Lipinski definition) is 2. The van der Waals surface area contributed by atoms with Gasteiger partial charge in [-0.3, -0.25) is 4.79 Å². The second kappa shape index (κ2) is 4.78. The molecule has 0 spiro atoms. The first kappa shape index (κ1) is 11.3. The maximum absolute atomic E-state index is 12.4. The number of aromatic amines is 1. The van der Waals surface area contributed by atoms with Gasteiger partial charge >= 0.3 is 0 Å². The van der Waals surface area contributed by atoms with Crippen LogP contribution in [-0.2, 0) is 11.2 Å². The highest BCUT2D eigenvalue weighted by atomic mass is 19.1. The molecular formula is C12H12FN3O. The third-order valence-corrected chi connectivity index (χ3v) is 2.46. The van der Waals surface area contributed by atoms with Gasteiger partial charge in [0.15, 0.2) is 5.83 Å². The van der Waals surface area contributed by atoms with E-state index in [0.717, 1.165) is 16.6 Å². The number of amides is 1. The highest BCUT2D eigenvalue weighted by molar-refractivity contribution is 5.90. The molecule has 1 amide bonds. The maximum atomic E-state index is 12.4. The lowest BCUT2D eigenvalue weighted by Crippen LogP contribution is -2.25. The second-order valence-corrected chi connectivity index (χ2v) is 3.62. The van der Waals surface area contributed by atoms with Gasteiger partial charge in [-0.1, -0.05) is 6.58 Å². The van der Waals surface area contributed by atoms with Crippen LogP contribution in [0.3, 0.4) is 0 Å². The van der Waals surface area contributed by atoms with Crippen molar-refractivity contribution < 1.29 is 9.18 Å². The van der Waals surface area contributed by atoms with E-state index in [0.29, 0.717) is 13.0 Å². The van der Waals surface area contributed by atoms with Crippen LogP contribution in [0.1, 0.15) is 5.56 Å². The Balaban J connectivity index is 2.00. The topological polar surface area (TPSA) is 57.8 Å². The molecule has 0 saturated heterocycles. The van der Waals surface area contributed by atoms with E-state index >= 15 is 0 Å². The van der Waals surface area contributed by atoms with E-state index in [2.05, 4.69) is 21.9 Å². The van der Waals surface area contributed by atoms with Crippen molar-refractivity contribution in [3.05, 3.63) is 42.5 Å². The van der Waals surface area contributed by atoms with Crippen molar-refractivity contribution in [2.75, 3.05) is 6.54 Å². The summed E-state index contributed by atoms with van der Waals surface area (Å²) in [5.74, 6) is -1.73. The van der Waals surface area contributed by atoms with Crippen molar-refractivity contribution in [3.8, 4) is 0 Å². The van der Waals surface area contributed by atoms with Crippen LogP contribution in [-0.4, -0.2) is 22.4 Å². The van der Waals surface area contributed by atoms with E-state index in [1.54, 1.807) is 6.20 Å². The number of H-pyrrole nitrogens is 1. The van der Waals surface area contributed by atoms with Crippen LogP contribution in [0.2, 0.25) is 0 Å². The van der Waals surface area contributed by atoms with E-state index < -0.39 is 11.7 Å². The lowest BCUT2D eigenvalue weighted by Gasteiger charge is -2.02. The first-order valence-corrected chi connectivity index (χ1v) is 5.22. The van der Waals surface area contributed by atoms with Crippen LogP contribution >= 0.6 is 0 Å². The minimum absolute atomic E-state index is 0.365. The molecule has 2 heterocycles. The monoisotopic (exact) mass is 233 g/mol. The number of nitrogens with zero attached hydrogens (tertiary/aromatic N) is 1. The highest BCUT2D eigenvalue weighted by Crippen LogP contribution is 2.15. The molecule has 0 aliphatic heterocycles. The van der Waals surface area contributed by atoms with E-state index in [4.69, 9.17) is 0 Å². The SMILES string of the molecule is C=C(F)C(=O)NCCc1c[nH]c2ncccc12. The molecule has 4 nitrogen and oxygen atoms in total. The van der Waals surface area contributed by atoms with Gasteiger partial charge in [-0.25, -0.2) is 9.37 Å². The van der Waals surface area contributed by atoms with Crippen LogP contribution in [0.5, 0.6) is 0 Å². The van der Waals surface area contributed by atoms with E-state index in [9.17, 15) is 9.18 Å². The van der Waals surface area contributed by atoms with Gasteiger partial charge in [-0.15, -0.1) is 0 Å². The molecule has 0 unspecified atom stereocenters. The largest absolute Gasteiger partial charge is 0.350 e. The maximum Gasteiger partial charge on any atom is 0.279 e. The van der Waals surface area contributed by atoms with Crippen molar-refractivity contribution in [2.45, 2.75) is 6.42 Å². The predicted molar refractivity (Wildman–Crippen MR) is 63.1 cm³/mol. The van der Waals surface area contributed by atoms with E-state index in [-0.39, 0.29) is 0 Å². The lowest BCUT2D eigenvalue weighted by atomic mass is 10.1. The average molecular weight is 233 g/mol. The Morgan fingerprint density at radius 1 is 1.59 bits per heavy atom. The Bertz CT molecular complexity index is 562. The van der Waals surface area contributed by atoms with Gasteiger partial charge in [0.25, 0.3) is 5.91 Å². The minimum Gasteiger partial charge on any atom is -0.350 e. The Kier molecular flexibility index (Phi) is 3.18. The van der Waals surface area contributed by atoms with Crippen molar-refractivity contribution in [2.24, 2.45) is 0 Å². The third-order valence-electron chi connectivity index (χ3n) is 2.46. The number of halogens is 1. The minimum atomic E-state index is -0.967. The van der Waals surface area contributed by atoms with Gasteiger partial charge in [0, 0.05) is 24.3 Å². The number of pyridine rings is 1. The zero-order valence-corrected chi connectivity index (χ0v) is 9.16. The molecule has 0 aromatic carbocycles. The number of aromatic nitrogens is 2. The first-order valence-electron chi connectivity index (χ1n) is 5.22. The summed E-state index contributed by atoms with van der Waals surface area (Å²) in [6, 6.07) is 3.80. The zero-order chi connectivity index (χ0) is 12.3. The summed E-state index contributed by atoms with van der Waals surface area (Å²) in [5, 5.41) is 3.45. The molecule has 2 aromatic heterocycles. The fourth-order valence-electron chi connectivity index (χ4n) is 1.63. The Hall–Kier alpha value is -2.17. The summed E-state index contributed by atoms with van der Waals surface area (Å²) < 4.78 is 12.4. The van der Waals surface area contributed by atoms with E-state index in [1.807, 2.05) is 18.3 Å². The van der Waals surface area contributed by atoms with Crippen molar-refractivity contribution in [3.63, 3.8) is 0 Å². The quantitative estimate of drug-likeness (QED) is 0.790. The molecule has 0 aliphatic carbocycles. The molecule has 0 atom stereocenters. The smallest absolute Gasteiger partial charge is 0.279 e.